The van der Waals surface area contributed by atoms with Crippen molar-refractivity contribution in [1.82, 2.24) is 4.42 Å². The zero-order valence-electron chi connectivity index (χ0n) is 7.79. The lowest BCUT2D eigenvalue weighted by atomic mass is 10.1. The Labute approximate surface area is 82.6 Å². The van der Waals surface area contributed by atoms with Gasteiger partial charge in [0, 0.05) is 18.7 Å². The minimum Gasteiger partial charge on any atom is -0.480 e. The molecule has 0 aromatic carbocycles. The number of unbranched alkanes of at least 4 members (excludes halogenated alkanes) is 1. The molecule has 0 saturated carbocycles. The average Bonchev–Trinajstić information content (AvgIpc) is 2.04. The number of halogens is 1. The number of carbonyl (C=O) groups excluding carboxylic acids is 1. The van der Waals surface area contributed by atoms with Crippen LogP contribution in [-0.2, 0) is 9.59 Å². The highest BCUT2D eigenvalue weighted by molar-refractivity contribution is 6.22. The largest absolute Gasteiger partial charge is 0.480 e. The molecule has 0 radical (unpaired) electrons. The van der Waals surface area contributed by atoms with Crippen LogP contribution >= 0.6 is 11.8 Å². The zero-order valence-corrected chi connectivity index (χ0v) is 8.54. The van der Waals surface area contributed by atoms with Gasteiger partial charge < -0.3 is 5.11 Å². The van der Waals surface area contributed by atoms with Gasteiger partial charge in [-0.2, -0.15) is 0 Å². The molecule has 0 spiro atoms. The van der Waals surface area contributed by atoms with Crippen LogP contribution in [0.15, 0.2) is 0 Å². The fourth-order valence-electron chi connectivity index (χ4n) is 0.951. The van der Waals surface area contributed by atoms with Gasteiger partial charge in [-0.05, 0) is 6.42 Å². The van der Waals surface area contributed by atoms with Crippen LogP contribution in [0.4, 0.5) is 0 Å². The van der Waals surface area contributed by atoms with Gasteiger partial charge in [-0.3, -0.25) is 4.79 Å². The van der Waals surface area contributed by atoms with Crippen LogP contribution < -0.4 is 0 Å². The van der Waals surface area contributed by atoms with E-state index in [2.05, 4.69) is 0 Å². The molecule has 76 valence electrons. The molecule has 0 aliphatic carbocycles. The first kappa shape index (κ1) is 12.2. The van der Waals surface area contributed by atoms with Crippen LogP contribution in [0.25, 0.3) is 0 Å². The molecule has 0 aromatic rings. The Kier molecular flexibility index (Phi) is 5.46. The lowest BCUT2D eigenvalue weighted by Crippen LogP contribution is -2.37. The van der Waals surface area contributed by atoms with Crippen LogP contribution in [0, 0.1) is 0 Å². The van der Waals surface area contributed by atoms with E-state index in [0.29, 0.717) is 6.42 Å². The number of carboxylic acids is 1. The fraction of sp³-hybridized carbons (Fsp3) is 0.750. The summed E-state index contributed by atoms with van der Waals surface area (Å²) in [6.45, 7) is 3.19. The molecule has 4 nitrogen and oxygen atoms in total. The summed E-state index contributed by atoms with van der Waals surface area (Å²) < 4.78 is 0.748. The summed E-state index contributed by atoms with van der Waals surface area (Å²) in [5.74, 6) is -1.50. The first-order valence-electron chi connectivity index (χ1n) is 4.19. The highest BCUT2D eigenvalue weighted by Gasteiger charge is 2.25. The van der Waals surface area contributed by atoms with Crippen molar-refractivity contribution >= 4 is 23.7 Å². The molecule has 0 saturated heterocycles. The third kappa shape index (κ3) is 4.12. The maximum Gasteiger partial charge on any atom is 0.327 e. The lowest BCUT2D eigenvalue weighted by molar-refractivity contribution is -0.145. The third-order valence-corrected chi connectivity index (χ3v) is 2.16. The molecule has 1 N–H and O–H groups in total. The molecule has 0 aliphatic rings. The monoisotopic (exact) mass is 207 g/mol. The summed E-state index contributed by atoms with van der Waals surface area (Å²) in [6.07, 6.45) is 2.02. The Morgan fingerprint density at radius 3 is 2.38 bits per heavy atom. The minimum absolute atomic E-state index is 0.398. The Balaban J connectivity index is 4.24. The molecule has 0 rings (SSSR count). The van der Waals surface area contributed by atoms with Gasteiger partial charge in [-0.25, -0.2) is 9.21 Å². The van der Waals surface area contributed by atoms with Crippen molar-refractivity contribution in [3.63, 3.8) is 0 Å². The Bertz CT molecular complexity index is 196. The second-order valence-electron chi connectivity index (χ2n) is 2.83. The molecule has 0 heterocycles. The van der Waals surface area contributed by atoms with Crippen LogP contribution in [0.1, 0.15) is 33.1 Å². The molecule has 0 aromatic heterocycles. The normalized spacial score (nSPS) is 12.2. The summed E-state index contributed by atoms with van der Waals surface area (Å²) in [6, 6.07) is -0.904. The molecule has 0 fully saturated rings. The van der Waals surface area contributed by atoms with Gasteiger partial charge in [0.05, 0.1) is 0 Å². The lowest BCUT2D eigenvalue weighted by Gasteiger charge is -2.19. The molecule has 5 heteroatoms. The van der Waals surface area contributed by atoms with Gasteiger partial charge in [-0.1, -0.05) is 19.8 Å². The van der Waals surface area contributed by atoms with Gasteiger partial charge in [0.1, 0.15) is 6.04 Å². The van der Waals surface area contributed by atoms with Crippen LogP contribution in [0.2, 0.25) is 0 Å². The van der Waals surface area contributed by atoms with E-state index in [0.717, 1.165) is 17.3 Å². The van der Waals surface area contributed by atoms with E-state index in [1.165, 1.54) is 6.92 Å². The first-order chi connectivity index (χ1) is 6.00. The number of aliphatic carboxylic acids is 1. The molecule has 0 bridgehead atoms. The number of hydrogen-bond donors (Lipinski definition) is 1. The number of nitrogens with zero attached hydrogens (tertiary/aromatic N) is 1. The zero-order chi connectivity index (χ0) is 10.4. The topological polar surface area (TPSA) is 57.6 Å². The van der Waals surface area contributed by atoms with E-state index < -0.39 is 17.9 Å². The molecular weight excluding hydrogens is 194 g/mol. The highest BCUT2D eigenvalue weighted by atomic mass is 35.5. The van der Waals surface area contributed by atoms with Crippen LogP contribution in [0.3, 0.4) is 0 Å². The Morgan fingerprint density at radius 1 is 1.54 bits per heavy atom. The van der Waals surface area contributed by atoms with Crippen molar-refractivity contribution in [2.45, 2.75) is 39.2 Å². The quantitative estimate of drug-likeness (QED) is 0.698. The fourth-order valence-corrected chi connectivity index (χ4v) is 1.13. The smallest absolute Gasteiger partial charge is 0.327 e. The Morgan fingerprint density at radius 2 is 2.08 bits per heavy atom. The summed E-state index contributed by atoms with van der Waals surface area (Å²) in [5, 5.41) is 8.74. The second-order valence-corrected chi connectivity index (χ2v) is 3.19. The molecular formula is C8H14ClNO3. The van der Waals surface area contributed by atoms with Crippen molar-refractivity contribution in [3.8, 4) is 0 Å². The summed E-state index contributed by atoms with van der Waals surface area (Å²) in [4.78, 5) is 21.5. The van der Waals surface area contributed by atoms with E-state index in [-0.39, 0.29) is 0 Å². The first-order valence-corrected chi connectivity index (χ1v) is 4.52. The maximum absolute atomic E-state index is 10.8. The molecule has 1 amide bonds. The predicted molar refractivity (Wildman–Crippen MR) is 49.3 cm³/mol. The average molecular weight is 208 g/mol. The minimum atomic E-state index is -1.06. The molecule has 1 atom stereocenters. The standard InChI is InChI=1S/C8H14ClNO3/c1-3-4-5-7(8(12)13)10(9)6(2)11/h7H,3-5H2,1-2H3,(H,12,13)/t7-/m0/s1. The van der Waals surface area contributed by atoms with E-state index in [4.69, 9.17) is 16.9 Å². The van der Waals surface area contributed by atoms with Gasteiger partial charge in [0.25, 0.3) is 0 Å². The van der Waals surface area contributed by atoms with E-state index >= 15 is 0 Å². The van der Waals surface area contributed by atoms with E-state index in [1.807, 2.05) is 6.92 Å². The Hall–Kier alpha value is -0.770. The number of carbonyl (C=O) groups is 2. The highest BCUT2D eigenvalue weighted by Crippen LogP contribution is 2.12. The predicted octanol–water partition coefficient (Wildman–Crippen LogP) is 1.63. The number of hydrogen-bond acceptors (Lipinski definition) is 2. The van der Waals surface area contributed by atoms with Crippen LogP contribution in [-0.4, -0.2) is 27.4 Å². The number of amides is 1. The summed E-state index contributed by atoms with van der Waals surface area (Å²) in [5.41, 5.74) is 0. The van der Waals surface area contributed by atoms with Crippen molar-refractivity contribution in [1.29, 1.82) is 0 Å². The maximum atomic E-state index is 10.8. The van der Waals surface area contributed by atoms with Gasteiger partial charge in [0.15, 0.2) is 0 Å². The number of carboxylic acid groups (broad SMARTS) is 1. The van der Waals surface area contributed by atoms with Crippen LogP contribution in [0.5, 0.6) is 0 Å². The van der Waals surface area contributed by atoms with Crippen molar-refractivity contribution < 1.29 is 14.7 Å². The van der Waals surface area contributed by atoms with Gasteiger partial charge in [-0.15, -0.1) is 0 Å². The van der Waals surface area contributed by atoms with Crippen molar-refractivity contribution in [2.75, 3.05) is 0 Å². The summed E-state index contributed by atoms with van der Waals surface area (Å²) >= 11 is 5.52. The third-order valence-electron chi connectivity index (χ3n) is 1.69. The summed E-state index contributed by atoms with van der Waals surface area (Å²) in [7, 11) is 0. The van der Waals surface area contributed by atoms with E-state index in [1.54, 1.807) is 0 Å². The number of rotatable bonds is 5. The SMILES string of the molecule is CCCC[C@@H](C(=O)O)N(Cl)C(C)=O. The van der Waals surface area contributed by atoms with Gasteiger partial charge in [0.2, 0.25) is 5.91 Å². The van der Waals surface area contributed by atoms with E-state index in [9.17, 15) is 9.59 Å². The molecule has 0 aliphatic heterocycles. The van der Waals surface area contributed by atoms with Crippen molar-refractivity contribution in [3.05, 3.63) is 0 Å². The molecule has 13 heavy (non-hydrogen) atoms. The van der Waals surface area contributed by atoms with Gasteiger partial charge >= 0.3 is 5.97 Å². The second kappa shape index (κ2) is 5.80. The molecule has 0 unspecified atom stereocenters. The van der Waals surface area contributed by atoms with Crippen molar-refractivity contribution in [2.24, 2.45) is 0 Å².